The Labute approximate surface area is 293 Å². The molecule has 0 aliphatic rings. The normalized spacial score (nSPS) is 10.7. The molecule has 0 amide bonds. The molecule has 4 aromatic carbocycles. The van der Waals surface area contributed by atoms with Crippen molar-refractivity contribution in [3.8, 4) is 45.9 Å². The molecular formula is C48H58. The third-order valence-corrected chi connectivity index (χ3v) is 9.48. The van der Waals surface area contributed by atoms with Gasteiger partial charge in [-0.1, -0.05) is 175 Å². The van der Waals surface area contributed by atoms with Gasteiger partial charge in [-0.15, -0.1) is 5.92 Å². The number of hydrogen-bond donors (Lipinski definition) is 0. The van der Waals surface area contributed by atoms with Gasteiger partial charge in [0.1, 0.15) is 0 Å². The van der Waals surface area contributed by atoms with Crippen LogP contribution in [-0.4, -0.2) is 0 Å². The number of unbranched alkanes of at least 4 members (excludes halogenated alkanes) is 12. The average Bonchev–Trinajstić information content (AvgIpc) is 3.11. The molecule has 4 aromatic rings. The van der Waals surface area contributed by atoms with E-state index in [-0.39, 0.29) is 0 Å². The van der Waals surface area contributed by atoms with E-state index < -0.39 is 0 Å². The maximum Gasteiger partial charge on any atom is 0.0334 e. The molecular weight excluding hydrogens is 577 g/mol. The van der Waals surface area contributed by atoms with Crippen LogP contribution in [0.15, 0.2) is 84.9 Å². The lowest BCUT2D eigenvalue weighted by atomic mass is 9.90. The van der Waals surface area contributed by atoms with Crippen LogP contribution in [0.4, 0.5) is 0 Å². The van der Waals surface area contributed by atoms with E-state index in [1.165, 1.54) is 118 Å². The topological polar surface area (TPSA) is 0 Å². The standard InChI is InChI=1S/C48H58/c1-5-8-10-12-14-16-18-21-40-27-32-43(33-28-40)47-38-46(36-31-42-25-23-39(4)24-26-42)48(37-45(47)20-7-3)44-34-29-41(30-35-44)22-19-17-15-13-11-9-6-2/h23-30,32-35,37-38H,5-6,8-19,21-22H2,1-4H3. The Morgan fingerprint density at radius 3 is 1.29 bits per heavy atom. The first-order chi connectivity index (χ1) is 23.6. The highest BCUT2D eigenvalue weighted by molar-refractivity contribution is 5.82. The summed E-state index contributed by atoms with van der Waals surface area (Å²) in [5.74, 6) is 13.7. The van der Waals surface area contributed by atoms with Gasteiger partial charge in [0.2, 0.25) is 0 Å². The summed E-state index contributed by atoms with van der Waals surface area (Å²) in [5.41, 5.74) is 11.9. The van der Waals surface area contributed by atoms with Crippen molar-refractivity contribution < 1.29 is 0 Å². The fourth-order valence-corrected chi connectivity index (χ4v) is 6.47. The van der Waals surface area contributed by atoms with Crippen molar-refractivity contribution in [3.63, 3.8) is 0 Å². The van der Waals surface area contributed by atoms with Crippen LogP contribution in [-0.2, 0) is 12.8 Å². The predicted octanol–water partition coefficient (Wildman–Crippen LogP) is 13.7. The van der Waals surface area contributed by atoms with Gasteiger partial charge in [-0.25, -0.2) is 0 Å². The molecule has 0 unspecified atom stereocenters. The molecule has 0 bridgehead atoms. The number of benzene rings is 4. The fourth-order valence-electron chi connectivity index (χ4n) is 6.47. The van der Waals surface area contributed by atoms with Gasteiger partial charge >= 0.3 is 0 Å². The summed E-state index contributed by atoms with van der Waals surface area (Å²) in [6.07, 6.45) is 21.1. The molecule has 48 heavy (non-hydrogen) atoms. The zero-order chi connectivity index (χ0) is 33.8. The first-order valence-corrected chi connectivity index (χ1v) is 19.0. The van der Waals surface area contributed by atoms with Crippen molar-refractivity contribution in [1.29, 1.82) is 0 Å². The Morgan fingerprint density at radius 2 is 0.854 bits per heavy atom. The zero-order valence-electron chi connectivity index (χ0n) is 30.4. The molecule has 0 N–H and O–H groups in total. The van der Waals surface area contributed by atoms with Crippen molar-refractivity contribution >= 4 is 0 Å². The highest BCUT2D eigenvalue weighted by Crippen LogP contribution is 2.33. The van der Waals surface area contributed by atoms with Crippen LogP contribution < -0.4 is 0 Å². The van der Waals surface area contributed by atoms with Gasteiger partial charge in [0.25, 0.3) is 0 Å². The predicted molar refractivity (Wildman–Crippen MR) is 210 cm³/mol. The maximum absolute atomic E-state index is 3.57. The number of hydrogen-bond acceptors (Lipinski definition) is 0. The molecule has 0 saturated carbocycles. The van der Waals surface area contributed by atoms with Crippen LogP contribution in [0.3, 0.4) is 0 Å². The number of rotatable bonds is 18. The van der Waals surface area contributed by atoms with Crippen LogP contribution in [0.5, 0.6) is 0 Å². The molecule has 0 saturated heterocycles. The third kappa shape index (κ3) is 12.2. The number of aryl methyl sites for hydroxylation is 3. The Hall–Kier alpha value is -4.00. The fraction of sp³-hybridized carbons (Fsp3) is 0.417. The molecule has 0 aliphatic heterocycles. The minimum atomic E-state index is 1.03. The van der Waals surface area contributed by atoms with E-state index in [0.717, 1.165) is 40.7 Å². The van der Waals surface area contributed by atoms with Gasteiger partial charge in [0.05, 0.1) is 0 Å². The molecule has 0 atom stereocenters. The van der Waals surface area contributed by atoms with E-state index in [2.05, 4.69) is 129 Å². The van der Waals surface area contributed by atoms with Gasteiger partial charge < -0.3 is 0 Å². The van der Waals surface area contributed by atoms with Crippen LogP contribution in [0, 0.1) is 30.6 Å². The molecule has 0 nitrogen and oxygen atoms in total. The van der Waals surface area contributed by atoms with Crippen LogP contribution in [0.2, 0.25) is 0 Å². The monoisotopic (exact) mass is 634 g/mol. The summed E-state index contributed by atoms with van der Waals surface area (Å²) in [6.45, 7) is 8.61. The quantitative estimate of drug-likeness (QED) is 0.0754. The van der Waals surface area contributed by atoms with Crippen molar-refractivity contribution in [2.24, 2.45) is 0 Å². The minimum Gasteiger partial charge on any atom is -0.101 e. The molecule has 4 rings (SSSR count). The van der Waals surface area contributed by atoms with Crippen molar-refractivity contribution in [2.75, 3.05) is 0 Å². The molecule has 0 fully saturated rings. The Balaban J connectivity index is 1.56. The van der Waals surface area contributed by atoms with Crippen molar-refractivity contribution in [3.05, 3.63) is 118 Å². The lowest BCUT2D eigenvalue weighted by molar-refractivity contribution is 0.589. The third-order valence-electron chi connectivity index (χ3n) is 9.48. The van der Waals surface area contributed by atoms with E-state index in [4.69, 9.17) is 0 Å². The van der Waals surface area contributed by atoms with Crippen LogP contribution in [0.1, 0.15) is 144 Å². The summed E-state index contributed by atoms with van der Waals surface area (Å²) in [4.78, 5) is 0. The Morgan fingerprint density at radius 1 is 0.438 bits per heavy atom. The summed E-state index contributed by atoms with van der Waals surface area (Å²) in [7, 11) is 0. The second-order valence-corrected chi connectivity index (χ2v) is 13.6. The molecule has 0 heterocycles. The maximum atomic E-state index is 3.57. The molecule has 0 heteroatoms. The van der Waals surface area contributed by atoms with E-state index in [1.807, 2.05) is 6.92 Å². The first-order valence-electron chi connectivity index (χ1n) is 19.0. The van der Waals surface area contributed by atoms with Crippen molar-refractivity contribution in [1.82, 2.24) is 0 Å². The van der Waals surface area contributed by atoms with E-state index >= 15 is 0 Å². The van der Waals surface area contributed by atoms with Gasteiger partial charge in [-0.05, 0) is 97.2 Å². The minimum absolute atomic E-state index is 1.03. The molecule has 0 aromatic heterocycles. The molecule has 250 valence electrons. The smallest absolute Gasteiger partial charge is 0.0334 e. The van der Waals surface area contributed by atoms with Gasteiger partial charge in [-0.2, -0.15) is 0 Å². The second kappa shape index (κ2) is 21.1. The molecule has 0 radical (unpaired) electrons. The van der Waals surface area contributed by atoms with Crippen molar-refractivity contribution in [2.45, 2.75) is 130 Å². The van der Waals surface area contributed by atoms with E-state index in [1.54, 1.807) is 0 Å². The van der Waals surface area contributed by atoms with Crippen LogP contribution in [0.25, 0.3) is 22.3 Å². The summed E-state index contributed by atoms with van der Waals surface area (Å²) < 4.78 is 0. The highest BCUT2D eigenvalue weighted by atomic mass is 14.2. The lowest BCUT2D eigenvalue weighted by Gasteiger charge is -2.13. The Kier molecular flexibility index (Phi) is 16.2. The largest absolute Gasteiger partial charge is 0.101 e. The Bertz CT molecular complexity index is 1630. The average molecular weight is 635 g/mol. The van der Waals surface area contributed by atoms with Gasteiger partial charge in [-0.3, -0.25) is 0 Å². The zero-order valence-corrected chi connectivity index (χ0v) is 30.4. The van der Waals surface area contributed by atoms with E-state index in [9.17, 15) is 0 Å². The SMILES string of the molecule is CC#Cc1cc(-c2ccc(CCCCCCCCC)cc2)c(C#Cc2ccc(C)cc2)cc1-c1ccc(CCCCCCCCC)cc1. The van der Waals surface area contributed by atoms with Crippen LogP contribution >= 0.6 is 0 Å². The first kappa shape index (κ1) is 36.8. The molecule has 0 spiro atoms. The second-order valence-electron chi connectivity index (χ2n) is 13.6. The lowest BCUT2D eigenvalue weighted by Crippen LogP contribution is -1.94. The van der Waals surface area contributed by atoms with Gasteiger partial charge in [0.15, 0.2) is 0 Å². The molecule has 0 aliphatic carbocycles. The van der Waals surface area contributed by atoms with Gasteiger partial charge in [0, 0.05) is 16.7 Å². The van der Waals surface area contributed by atoms with E-state index in [0.29, 0.717) is 0 Å². The summed E-state index contributed by atoms with van der Waals surface area (Å²) in [6, 6.07) is 31.4. The summed E-state index contributed by atoms with van der Waals surface area (Å²) in [5, 5.41) is 0. The highest BCUT2D eigenvalue weighted by Gasteiger charge is 2.12. The summed E-state index contributed by atoms with van der Waals surface area (Å²) >= 11 is 0.